The van der Waals surface area contributed by atoms with E-state index in [4.69, 9.17) is 0 Å². The van der Waals surface area contributed by atoms with Crippen molar-refractivity contribution < 1.29 is 0 Å². The van der Waals surface area contributed by atoms with Crippen molar-refractivity contribution >= 4 is 22.2 Å². The SMILES string of the molecule is c1cnc2nc3nccnc3cc2c1. The minimum atomic E-state index is 0.638. The topological polar surface area (TPSA) is 51.6 Å². The van der Waals surface area contributed by atoms with Crippen LogP contribution in [0.25, 0.3) is 22.2 Å². The molecule has 0 aliphatic carbocycles. The lowest BCUT2D eigenvalue weighted by molar-refractivity contribution is 1.22. The summed E-state index contributed by atoms with van der Waals surface area (Å²) in [7, 11) is 0. The van der Waals surface area contributed by atoms with Crippen LogP contribution in [-0.2, 0) is 0 Å². The summed E-state index contributed by atoms with van der Waals surface area (Å²) in [5, 5.41) is 0.987. The summed E-state index contributed by atoms with van der Waals surface area (Å²) in [5.41, 5.74) is 2.15. The molecule has 3 heterocycles. The van der Waals surface area contributed by atoms with E-state index in [0.29, 0.717) is 11.3 Å². The Balaban J connectivity index is 2.52. The van der Waals surface area contributed by atoms with Crippen LogP contribution in [0.3, 0.4) is 0 Å². The second-order valence-corrected chi connectivity index (χ2v) is 2.94. The molecule has 0 bridgehead atoms. The molecule has 0 fully saturated rings. The average molecular weight is 182 g/mol. The van der Waals surface area contributed by atoms with Gasteiger partial charge in [0.15, 0.2) is 11.3 Å². The fourth-order valence-corrected chi connectivity index (χ4v) is 1.39. The van der Waals surface area contributed by atoms with Crippen LogP contribution in [0.4, 0.5) is 0 Å². The Kier molecular flexibility index (Phi) is 1.41. The first-order valence-corrected chi connectivity index (χ1v) is 4.26. The van der Waals surface area contributed by atoms with E-state index in [2.05, 4.69) is 19.9 Å². The van der Waals surface area contributed by atoms with Crippen LogP contribution in [0.5, 0.6) is 0 Å². The average Bonchev–Trinajstić information content (AvgIpc) is 2.26. The van der Waals surface area contributed by atoms with Gasteiger partial charge in [-0.2, -0.15) is 0 Å². The standard InChI is InChI=1S/C10H6N4/c1-2-7-6-8-10(13-5-4-11-8)14-9(7)12-3-1/h1-6H. The third-order valence-corrected chi connectivity index (χ3v) is 2.03. The van der Waals surface area contributed by atoms with Crippen LogP contribution in [0, 0.1) is 0 Å². The fraction of sp³-hybridized carbons (Fsp3) is 0. The number of fused-ring (bicyclic) bond motifs is 2. The van der Waals surface area contributed by atoms with Crippen molar-refractivity contribution in [2.24, 2.45) is 0 Å². The molecule has 0 unspecified atom stereocenters. The zero-order chi connectivity index (χ0) is 9.38. The maximum atomic E-state index is 4.29. The molecule has 3 aromatic rings. The summed E-state index contributed by atoms with van der Waals surface area (Å²) in [5.74, 6) is 0. The van der Waals surface area contributed by atoms with Crippen molar-refractivity contribution in [3.63, 3.8) is 0 Å². The minimum absolute atomic E-state index is 0.638. The fourth-order valence-electron chi connectivity index (χ4n) is 1.39. The lowest BCUT2D eigenvalue weighted by Crippen LogP contribution is -1.89. The first kappa shape index (κ1) is 7.32. The Morgan fingerprint density at radius 1 is 0.857 bits per heavy atom. The van der Waals surface area contributed by atoms with Crippen LogP contribution in [-0.4, -0.2) is 19.9 Å². The Bertz CT molecular complexity index is 501. The molecule has 14 heavy (non-hydrogen) atoms. The molecule has 3 rings (SSSR count). The molecule has 3 aromatic heterocycles. The number of aromatic nitrogens is 4. The van der Waals surface area contributed by atoms with E-state index in [1.165, 1.54) is 0 Å². The molecule has 0 aromatic carbocycles. The first-order chi connectivity index (χ1) is 6.93. The summed E-state index contributed by atoms with van der Waals surface area (Å²) in [6.07, 6.45) is 5.01. The van der Waals surface area contributed by atoms with Crippen LogP contribution in [0.15, 0.2) is 36.8 Å². The molecular formula is C10H6N4. The Labute approximate surface area is 79.7 Å². The molecule has 0 saturated carbocycles. The van der Waals surface area contributed by atoms with Gasteiger partial charge in [0, 0.05) is 24.0 Å². The van der Waals surface area contributed by atoms with Crippen LogP contribution in [0.2, 0.25) is 0 Å². The molecule has 0 atom stereocenters. The number of hydrogen-bond acceptors (Lipinski definition) is 4. The number of hydrogen-bond donors (Lipinski definition) is 0. The van der Waals surface area contributed by atoms with Gasteiger partial charge in [-0.15, -0.1) is 0 Å². The zero-order valence-corrected chi connectivity index (χ0v) is 7.25. The molecule has 4 nitrogen and oxygen atoms in total. The van der Waals surface area contributed by atoms with Crippen molar-refractivity contribution in [3.8, 4) is 0 Å². The van der Waals surface area contributed by atoms with Crippen molar-refractivity contribution in [2.45, 2.75) is 0 Å². The molecule has 0 amide bonds. The van der Waals surface area contributed by atoms with Crippen molar-refractivity contribution in [1.82, 2.24) is 19.9 Å². The maximum Gasteiger partial charge on any atom is 0.180 e. The molecule has 0 aliphatic heterocycles. The molecule has 0 N–H and O–H groups in total. The lowest BCUT2D eigenvalue weighted by Gasteiger charge is -1.97. The van der Waals surface area contributed by atoms with E-state index in [1.807, 2.05) is 18.2 Å². The van der Waals surface area contributed by atoms with E-state index in [-0.39, 0.29) is 0 Å². The molecule has 0 spiro atoms. The number of nitrogens with zero attached hydrogens (tertiary/aromatic N) is 4. The molecule has 0 radical (unpaired) electrons. The van der Waals surface area contributed by atoms with Gasteiger partial charge in [0.1, 0.15) is 5.52 Å². The van der Waals surface area contributed by atoms with Crippen LogP contribution < -0.4 is 0 Å². The first-order valence-electron chi connectivity index (χ1n) is 4.26. The van der Waals surface area contributed by atoms with E-state index in [0.717, 1.165) is 10.9 Å². The van der Waals surface area contributed by atoms with Gasteiger partial charge in [-0.1, -0.05) is 0 Å². The highest BCUT2D eigenvalue weighted by Crippen LogP contribution is 2.13. The molecular weight excluding hydrogens is 176 g/mol. The highest BCUT2D eigenvalue weighted by Gasteiger charge is 2.00. The predicted octanol–water partition coefficient (Wildman–Crippen LogP) is 1.57. The van der Waals surface area contributed by atoms with E-state index >= 15 is 0 Å². The highest BCUT2D eigenvalue weighted by molar-refractivity contribution is 5.86. The molecule has 4 heteroatoms. The summed E-state index contributed by atoms with van der Waals surface area (Å²) in [4.78, 5) is 16.7. The second kappa shape index (κ2) is 2.70. The second-order valence-electron chi connectivity index (χ2n) is 2.94. The van der Waals surface area contributed by atoms with Gasteiger partial charge < -0.3 is 0 Å². The monoisotopic (exact) mass is 182 g/mol. The van der Waals surface area contributed by atoms with E-state index in [1.54, 1.807) is 18.6 Å². The summed E-state index contributed by atoms with van der Waals surface area (Å²) < 4.78 is 0. The van der Waals surface area contributed by atoms with Gasteiger partial charge in [-0.3, -0.25) is 4.98 Å². The number of pyridine rings is 2. The van der Waals surface area contributed by atoms with Gasteiger partial charge in [0.25, 0.3) is 0 Å². The molecule has 66 valence electrons. The summed E-state index contributed by atoms with van der Waals surface area (Å²) >= 11 is 0. The van der Waals surface area contributed by atoms with Gasteiger partial charge in [-0.25, -0.2) is 15.0 Å². The smallest absolute Gasteiger partial charge is 0.180 e. The predicted molar refractivity (Wildman–Crippen MR) is 52.6 cm³/mol. The van der Waals surface area contributed by atoms with Gasteiger partial charge >= 0.3 is 0 Å². The quantitative estimate of drug-likeness (QED) is 0.495. The third kappa shape index (κ3) is 1.01. The molecule has 0 aliphatic rings. The Morgan fingerprint density at radius 3 is 2.71 bits per heavy atom. The van der Waals surface area contributed by atoms with E-state index < -0.39 is 0 Å². The van der Waals surface area contributed by atoms with Crippen LogP contribution >= 0.6 is 0 Å². The van der Waals surface area contributed by atoms with Gasteiger partial charge in [0.05, 0.1) is 0 Å². The van der Waals surface area contributed by atoms with E-state index in [9.17, 15) is 0 Å². The Hall–Kier alpha value is -2.10. The maximum absolute atomic E-state index is 4.29. The highest BCUT2D eigenvalue weighted by atomic mass is 14.9. The van der Waals surface area contributed by atoms with Crippen molar-refractivity contribution in [2.75, 3.05) is 0 Å². The summed E-state index contributed by atoms with van der Waals surface area (Å²) in [6, 6.07) is 5.79. The van der Waals surface area contributed by atoms with Crippen molar-refractivity contribution in [1.29, 1.82) is 0 Å². The normalized spacial score (nSPS) is 10.9. The number of rotatable bonds is 0. The Morgan fingerprint density at radius 2 is 1.71 bits per heavy atom. The van der Waals surface area contributed by atoms with Gasteiger partial charge in [-0.05, 0) is 18.2 Å². The largest absolute Gasteiger partial charge is 0.251 e. The van der Waals surface area contributed by atoms with Gasteiger partial charge in [0.2, 0.25) is 0 Å². The molecule has 0 saturated heterocycles. The minimum Gasteiger partial charge on any atom is -0.251 e. The summed E-state index contributed by atoms with van der Waals surface area (Å²) in [6.45, 7) is 0. The lowest BCUT2D eigenvalue weighted by atomic mass is 10.3. The zero-order valence-electron chi connectivity index (χ0n) is 7.25. The third-order valence-electron chi connectivity index (χ3n) is 2.03. The van der Waals surface area contributed by atoms with Crippen molar-refractivity contribution in [3.05, 3.63) is 36.8 Å². The van der Waals surface area contributed by atoms with Crippen LogP contribution in [0.1, 0.15) is 0 Å².